The van der Waals surface area contributed by atoms with Crippen LogP contribution in [0.25, 0.3) is 0 Å². The van der Waals surface area contributed by atoms with Gasteiger partial charge in [-0.05, 0) is 45.3 Å². The number of carboxylic acids is 1. The van der Waals surface area contributed by atoms with Gasteiger partial charge in [-0.2, -0.15) is 0 Å². The van der Waals surface area contributed by atoms with Crippen molar-refractivity contribution in [3.05, 3.63) is 0 Å². The SMILES string of the molecule is CCCCCNCCCC[C@H](NCCCCC)C(=O)O. The number of unbranched alkanes of at least 4 members (excludes halogenated alkanes) is 5. The molecule has 1 atom stereocenters. The number of nitrogens with one attached hydrogen (secondary N) is 2. The number of carboxylic acid groups (broad SMARTS) is 1. The third kappa shape index (κ3) is 12.4. The van der Waals surface area contributed by atoms with Crippen molar-refractivity contribution in [2.75, 3.05) is 19.6 Å². The molecule has 20 heavy (non-hydrogen) atoms. The molecule has 0 aliphatic rings. The van der Waals surface area contributed by atoms with Crippen molar-refractivity contribution in [2.24, 2.45) is 0 Å². The summed E-state index contributed by atoms with van der Waals surface area (Å²) in [5, 5.41) is 15.7. The van der Waals surface area contributed by atoms with Crippen LogP contribution in [0.1, 0.15) is 71.6 Å². The van der Waals surface area contributed by atoms with E-state index in [-0.39, 0.29) is 6.04 Å². The Labute approximate surface area is 124 Å². The van der Waals surface area contributed by atoms with E-state index in [4.69, 9.17) is 5.11 Å². The maximum absolute atomic E-state index is 11.1. The van der Waals surface area contributed by atoms with Crippen molar-refractivity contribution in [1.82, 2.24) is 10.6 Å². The average molecular weight is 286 g/mol. The monoisotopic (exact) mass is 286 g/mol. The zero-order valence-corrected chi connectivity index (χ0v) is 13.4. The van der Waals surface area contributed by atoms with E-state index in [1.165, 1.54) is 32.1 Å². The highest BCUT2D eigenvalue weighted by atomic mass is 16.4. The summed E-state index contributed by atoms with van der Waals surface area (Å²) in [5.74, 6) is -0.711. The summed E-state index contributed by atoms with van der Waals surface area (Å²) in [6, 6.07) is -0.369. The standard InChI is InChI=1S/C16H34N2O2/c1-3-5-8-12-17-13-10-7-11-15(16(19)20)18-14-9-6-4-2/h15,17-18H,3-14H2,1-2H3,(H,19,20)/t15-/m0/s1. The van der Waals surface area contributed by atoms with Gasteiger partial charge in [0.05, 0.1) is 0 Å². The van der Waals surface area contributed by atoms with Crippen LogP contribution < -0.4 is 10.6 Å². The lowest BCUT2D eigenvalue weighted by molar-refractivity contribution is -0.139. The van der Waals surface area contributed by atoms with Gasteiger partial charge in [-0.3, -0.25) is 4.79 Å². The molecule has 0 aliphatic heterocycles. The molecule has 120 valence electrons. The normalized spacial score (nSPS) is 12.5. The maximum Gasteiger partial charge on any atom is 0.320 e. The topological polar surface area (TPSA) is 61.4 Å². The van der Waals surface area contributed by atoms with Crippen LogP contribution in [0.4, 0.5) is 0 Å². The Morgan fingerprint density at radius 2 is 1.45 bits per heavy atom. The quantitative estimate of drug-likeness (QED) is 0.405. The van der Waals surface area contributed by atoms with Crippen LogP contribution >= 0.6 is 0 Å². The molecule has 3 N–H and O–H groups in total. The lowest BCUT2D eigenvalue weighted by atomic mass is 10.1. The minimum atomic E-state index is -0.711. The summed E-state index contributed by atoms with van der Waals surface area (Å²) in [6.45, 7) is 7.28. The second-order valence-corrected chi connectivity index (χ2v) is 5.50. The molecule has 0 spiro atoms. The van der Waals surface area contributed by atoms with Gasteiger partial charge in [-0.1, -0.05) is 46.0 Å². The molecular weight excluding hydrogens is 252 g/mol. The summed E-state index contributed by atoms with van der Waals surface area (Å²) in [7, 11) is 0. The molecule has 4 nitrogen and oxygen atoms in total. The molecule has 0 heterocycles. The van der Waals surface area contributed by atoms with Crippen LogP contribution in [0.15, 0.2) is 0 Å². The largest absolute Gasteiger partial charge is 0.480 e. The summed E-state index contributed by atoms with van der Waals surface area (Å²) in [6.07, 6.45) is 9.96. The fourth-order valence-electron chi connectivity index (χ4n) is 2.19. The Bertz CT molecular complexity index is 223. The summed E-state index contributed by atoms with van der Waals surface area (Å²) in [4.78, 5) is 11.1. The van der Waals surface area contributed by atoms with Crippen LogP contribution in [0.3, 0.4) is 0 Å². The third-order valence-electron chi connectivity index (χ3n) is 3.52. The minimum absolute atomic E-state index is 0.369. The molecule has 0 saturated carbocycles. The average Bonchev–Trinajstić information content (AvgIpc) is 2.43. The first kappa shape index (κ1) is 19.4. The van der Waals surface area contributed by atoms with E-state index >= 15 is 0 Å². The second kappa shape index (κ2) is 14.8. The van der Waals surface area contributed by atoms with Gasteiger partial charge < -0.3 is 15.7 Å². The lowest BCUT2D eigenvalue weighted by Crippen LogP contribution is -2.37. The van der Waals surface area contributed by atoms with Gasteiger partial charge >= 0.3 is 5.97 Å². The molecule has 0 saturated heterocycles. The molecule has 0 aromatic heterocycles. The Balaban J connectivity index is 3.48. The minimum Gasteiger partial charge on any atom is -0.480 e. The van der Waals surface area contributed by atoms with E-state index in [2.05, 4.69) is 24.5 Å². The van der Waals surface area contributed by atoms with Gasteiger partial charge in [0.15, 0.2) is 0 Å². The van der Waals surface area contributed by atoms with Crippen molar-refractivity contribution in [3.8, 4) is 0 Å². The first-order chi connectivity index (χ1) is 9.72. The maximum atomic E-state index is 11.1. The molecule has 0 bridgehead atoms. The highest BCUT2D eigenvalue weighted by Gasteiger charge is 2.15. The van der Waals surface area contributed by atoms with Gasteiger partial charge in [0, 0.05) is 0 Å². The summed E-state index contributed by atoms with van der Waals surface area (Å²) < 4.78 is 0. The van der Waals surface area contributed by atoms with Gasteiger partial charge in [0.25, 0.3) is 0 Å². The fraction of sp³-hybridized carbons (Fsp3) is 0.938. The highest BCUT2D eigenvalue weighted by Crippen LogP contribution is 2.02. The first-order valence-corrected chi connectivity index (χ1v) is 8.39. The molecule has 0 unspecified atom stereocenters. The third-order valence-corrected chi connectivity index (χ3v) is 3.52. The summed E-state index contributed by atoms with van der Waals surface area (Å²) >= 11 is 0. The molecule has 0 fully saturated rings. The molecule has 4 heteroatoms. The first-order valence-electron chi connectivity index (χ1n) is 8.39. The van der Waals surface area contributed by atoms with Crippen LogP contribution in [0.5, 0.6) is 0 Å². The van der Waals surface area contributed by atoms with E-state index in [0.717, 1.165) is 45.3 Å². The molecule has 0 amide bonds. The van der Waals surface area contributed by atoms with Crippen LogP contribution in [-0.2, 0) is 4.79 Å². The number of aliphatic carboxylic acids is 1. The van der Waals surface area contributed by atoms with Gasteiger partial charge in [-0.15, -0.1) is 0 Å². The zero-order chi connectivity index (χ0) is 15.1. The molecular formula is C16H34N2O2. The fourth-order valence-corrected chi connectivity index (χ4v) is 2.19. The van der Waals surface area contributed by atoms with E-state index in [9.17, 15) is 4.79 Å². The van der Waals surface area contributed by atoms with E-state index in [0.29, 0.717) is 0 Å². The number of hydrogen-bond acceptors (Lipinski definition) is 3. The Morgan fingerprint density at radius 3 is 2.00 bits per heavy atom. The van der Waals surface area contributed by atoms with Gasteiger partial charge in [0.2, 0.25) is 0 Å². The van der Waals surface area contributed by atoms with Crippen LogP contribution in [0, 0.1) is 0 Å². The van der Waals surface area contributed by atoms with Crippen LogP contribution in [-0.4, -0.2) is 36.8 Å². The van der Waals surface area contributed by atoms with Crippen LogP contribution in [0.2, 0.25) is 0 Å². The number of rotatable bonds is 15. The summed E-state index contributed by atoms with van der Waals surface area (Å²) in [5.41, 5.74) is 0. The number of hydrogen-bond donors (Lipinski definition) is 3. The van der Waals surface area contributed by atoms with Crippen molar-refractivity contribution in [2.45, 2.75) is 77.7 Å². The molecule has 0 aliphatic carbocycles. The Hall–Kier alpha value is -0.610. The van der Waals surface area contributed by atoms with E-state index in [1.54, 1.807) is 0 Å². The van der Waals surface area contributed by atoms with Crippen molar-refractivity contribution < 1.29 is 9.90 Å². The van der Waals surface area contributed by atoms with Crippen molar-refractivity contribution >= 4 is 5.97 Å². The predicted octanol–water partition coefficient (Wildman–Crippen LogP) is 3.17. The predicted molar refractivity (Wildman–Crippen MR) is 85.2 cm³/mol. The van der Waals surface area contributed by atoms with Crippen molar-refractivity contribution in [1.29, 1.82) is 0 Å². The zero-order valence-electron chi connectivity index (χ0n) is 13.4. The number of carbonyl (C=O) groups is 1. The Morgan fingerprint density at radius 1 is 0.900 bits per heavy atom. The van der Waals surface area contributed by atoms with Gasteiger partial charge in [0.1, 0.15) is 6.04 Å². The molecule has 0 aromatic rings. The molecule has 0 aromatic carbocycles. The Kier molecular flexibility index (Phi) is 14.3. The van der Waals surface area contributed by atoms with Crippen molar-refractivity contribution in [3.63, 3.8) is 0 Å². The molecule has 0 rings (SSSR count). The van der Waals surface area contributed by atoms with E-state index in [1.807, 2.05) is 0 Å². The van der Waals surface area contributed by atoms with Gasteiger partial charge in [-0.25, -0.2) is 0 Å². The highest BCUT2D eigenvalue weighted by molar-refractivity contribution is 5.73. The molecule has 0 radical (unpaired) electrons. The second-order valence-electron chi connectivity index (χ2n) is 5.50. The van der Waals surface area contributed by atoms with E-state index < -0.39 is 5.97 Å². The lowest BCUT2D eigenvalue weighted by Gasteiger charge is -2.14. The smallest absolute Gasteiger partial charge is 0.320 e.